The van der Waals surface area contributed by atoms with Gasteiger partial charge >= 0.3 is 6.01 Å². The number of nitrogens with zero attached hydrogens (tertiary/aromatic N) is 4. The van der Waals surface area contributed by atoms with Gasteiger partial charge in [-0.05, 0) is 25.5 Å². The molecule has 6 nitrogen and oxygen atoms in total. The molecule has 2 rings (SSSR count). The Morgan fingerprint density at radius 3 is 2.75 bits per heavy atom. The standard InChI is InChI=1S/C14H19N5O/c1-3-9-20-14-18-12(17-13(19-14)15-4-2)10-11-7-5-6-8-16-11/h5-8H,3-4,9-10H2,1-2H3,(H,15,17,18,19). The smallest absolute Gasteiger partial charge is 0.321 e. The van der Waals surface area contributed by atoms with Gasteiger partial charge in [0.05, 0.1) is 13.0 Å². The predicted molar refractivity (Wildman–Crippen MR) is 76.8 cm³/mol. The minimum Gasteiger partial charge on any atom is -0.463 e. The SMILES string of the molecule is CCCOc1nc(Cc2ccccn2)nc(NCC)n1. The maximum atomic E-state index is 5.50. The zero-order chi connectivity index (χ0) is 14.2. The molecule has 0 bridgehead atoms. The summed E-state index contributed by atoms with van der Waals surface area (Å²) in [7, 11) is 0. The van der Waals surface area contributed by atoms with E-state index >= 15 is 0 Å². The molecule has 0 saturated heterocycles. The number of rotatable bonds is 7. The number of hydrogen-bond donors (Lipinski definition) is 1. The van der Waals surface area contributed by atoms with E-state index in [9.17, 15) is 0 Å². The van der Waals surface area contributed by atoms with Gasteiger partial charge < -0.3 is 10.1 Å². The topological polar surface area (TPSA) is 72.8 Å². The van der Waals surface area contributed by atoms with Crippen LogP contribution in [0, 0.1) is 0 Å². The van der Waals surface area contributed by atoms with E-state index in [-0.39, 0.29) is 0 Å². The largest absolute Gasteiger partial charge is 0.463 e. The van der Waals surface area contributed by atoms with E-state index in [1.54, 1.807) is 6.20 Å². The summed E-state index contributed by atoms with van der Waals surface area (Å²) in [6, 6.07) is 6.15. The Hall–Kier alpha value is -2.24. The third-order valence-electron chi connectivity index (χ3n) is 2.50. The summed E-state index contributed by atoms with van der Waals surface area (Å²) in [5, 5.41) is 3.09. The van der Waals surface area contributed by atoms with E-state index in [1.807, 2.05) is 32.0 Å². The van der Waals surface area contributed by atoms with E-state index in [4.69, 9.17) is 4.74 Å². The average molecular weight is 273 g/mol. The van der Waals surface area contributed by atoms with Crippen molar-refractivity contribution in [3.05, 3.63) is 35.9 Å². The van der Waals surface area contributed by atoms with E-state index in [0.29, 0.717) is 30.8 Å². The molecular formula is C14H19N5O. The van der Waals surface area contributed by atoms with Crippen LogP contribution in [-0.4, -0.2) is 33.1 Å². The van der Waals surface area contributed by atoms with E-state index in [0.717, 1.165) is 18.7 Å². The van der Waals surface area contributed by atoms with Crippen LogP contribution in [0.4, 0.5) is 5.95 Å². The molecule has 0 amide bonds. The normalized spacial score (nSPS) is 10.3. The third-order valence-corrected chi connectivity index (χ3v) is 2.50. The van der Waals surface area contributed by atoms with Crippen LogP contribution in [0.3, 0.4) is 0 Å². The summed E-state index contributed by atoms with van der Waals surface area (Å²) in [6.45, 7) is 5.38. The highest BCUT2D eigenvalue weighted by molar-refractivity contribution is 5.26. The fourth-order valence-corrected chi connectivity index (χ4v) is 1.64. The minimum atomic E-state index is 0.365. The Balaban J connectivity index is 2.19. The van der Waals surface area contributed by atoms with Gasteiger partial charge in [-0.25, -0.2) is 0 Å². The first-order chi connectivity index (χ1) is 9.81. The molecule has 6 heteroatoms. The molecule has 1 N–H and O–H groups in total. The fraction of sp³-hybridized carbons (Fsp3) is 0.429. The summed E-state index contributed by atoms with van der Waals surface area (Å²) in [5.74, 6) is 1.19. The average Bonchev–Trinajstić information content (AvgIpc) is 2.46. The summed E-state index contributed by atoms with van der Waals surface area (Å²) in [4.78, 5) is 17.2. The molecule has 0 aliphatic rings. The van der Waals surface area contributed by atoms with Crippen molar-refractivity contribution in [3.8, 4) is 6.01 Å². The highest BCUT2D eigenvalue weighted by atomic mass is 16.5. The Labute approximate surface area is 118 Å². The summed E-state index contributed by atoms with van der Waals surface area (Å²) >= 11 is 0. The lowest BCUT2D eigenvalue weighted by atomic mass is 10.2. The Morgan fingerprint density at radius 1 is 1.15 bits per heavy atom. The molecule has 20 heavy (non-hydrogen) atoms. The van der Waals surface area contributed by atoms with E-state index < -0.39 is 0 Å². The zero-order valence-corrected chi connectivity index (χ0v) is 11.8. The molecule has 2 heterocycles. The predicted octanol–water partition coefficient (Wildman–Crippen LogP) is 2.08. The number of nitrogens with one attached hydrogen (secondary N) is 1. The van der Waals surface area contributed by atoms with Crippen LogP contribution < -0.4 is 10.1 Å². The molecule has 0 saturated carbocycles. The number of ether oxygens (including phenoxy) is 1. The summed E-state index contributed by atoms with van der Waals surface area (Å²) in [6.07, 6.45) is 3.23. The van der Waals surface area contributed by atoms with Crippen LogP contribution in [0.15, 0.2) is 24.4 Å². The van der Waals surface area contributed by atoms with Crippen molar-refractivity contribution in [3.63, 3.8) is 0 Å². The van der Waals surface area contributed by atoms with Crippen LogP contribution in [-0.2, 0) is 6.42 Å². The van der Waals surface area contributed by atoms with Gasteiger partial charge in [-0.3, -0.25) is 4.98 Å². The molecule has 0 radical (unpaired) electrons. The molecule has 0 atom stereocenters. The van der Waals surface area contributed by atoms with Gasteiger partial charge in [0.1, 0.15) is 5.82 Å². The zero-order valence-electron chi connectivity index (χ0n) is 11.8. The quantitative estimate of drug-likeness (QED) is 0.832. The lowest BCUT2D eigenvalue weighted by molar-refractivity contribution is 0.290. The molecular weight excluding hydrogens is 254 g/mol. The fourth-order valence-electron chi connectivity index (χ4n) is 1.64. The maximum absolute atomic E-state index is 5.50. The number of aromatic nitrogens is 4. The maximum Gasteiger partial charge on any atom is 0.321 e. The monoisotopic (exact) mass is 273 g/mol. The van der Waals surface area contributed by atoms with Crippen LogP contribution in [0.5, 0.6) is 6.01 Å². The van der Waals surface area contributed by atoms with Crippen molar-refractivity contribution < 1.29 is 4.74 Å². The van der Waals surface area contributed by atoms with Gasteiger partial charge in [-0.15, -0.1) is 0 Å². The van der Waals surface area contributed by atoms with Gasteiger partial charge in [-0.2, -0.15) is 15.0 Å². The van der Waals surface area contributed by atoms with Crippen molar-refractivity contribution in [2.75, 3.05) is 18.5 Å². The van der Waals surface area contributed by atoms with Crippen molar-refractivity contribution >= 4 is 5.95 Å². The second-order valence-corrected chi connectivity index (χ2v) is 4.23. The Morgan fingerprint density at radius 2 is 2.05 bits per heavy atom. The lowest BCUT2D eigenvalue weighted by Gasteiger charge is -2.08. The second-order valence-electron chi connectivity index (χ2n) is 4.23. The first kappa shape index (κ1) is 14.2. The van der Waals surface area contributed by atoms with Crippen molar-refractivity contribution in [1.82, 2.24) is 19.9 Å². The van der Waals surface area contributed by atoms with Crippen molar-refractivity contribution in [1.29, 1.82) is 0 Å². The van der Waals surface area contributed by atoms with E-state index in [1.165, 1.54) is 0 Å². The number of hydrogen-bond acceptors (Lipinski definition) is 6. The lowest BCUT2D eigenvalue weighted by Crippen LogP contribution is -2.10. The van der Waals surface area contributed by atoms with Gasteiger partial charge in [0.15, 0.2) is 0 Å². The van der Waals surface area contributed by atoms with Crippen LogP contribution in [0.1, 0.15) is 31.8 Å². The van der Waals surface area contributed by atoms with Gasteiger partial charge in [0, 0.05) is 18.4 Å². The first-order valence-electron chi connectivity index (χ1n) is 6.83. The van der Waals surface area contributed by atoms with Crippen LogP contribution >= 0.6 is 0 Å². The highest BCUT2D eigenvalue weighted by Gasteiger charge is 2.08. The van der Waals surface area contributed by atoms with E-state index in [2.05, 4.69) is 25.3 Å². The Kier molecular flexibility index (Phi) is 5.23. The molecule has 0 aromatic carbocycles. The third kappa shape index (κ3) is 4.15. The van der Waals surface area contributed by atoms with Crippen molar-refractivity contribution in [2.24, 2.45) is 0 Å². The highest BCUT2D eigenvalue weighted by Crippen LogP contribution is 2.10. The number of pyridine rings is 1. The van der Waals surface area contributed by atoms with Gasteiger partial charge in [-0.1, -0.05) is 13.0 Å². The molecule has 2 aromatic rings. The molecule has 0 aliphatic carbocycles. The second kappa shape index (κ2) is 7.37. The summed E-state index contributed by atoms with van der Waals surface area (Å²) in [5.41, 5.74) is 0.919. The van der Waals surface area contributed by atoms with Gasteiger partial charge in [0.25, 0.3) is 0 Å². The van der Waals surface area contributed by atoms with Gasteiger partial charge in [0.2, 0.25) is 5.95 Å². The first-order valence-corrected chi connectivity index (χ1v) is 6.83. The van der Waals surface area contributed by atoms with Crippen molar-refractivity contribution in [2.45, 2.75) is 26.7 Å². The molecule has 0 spiro atoms. The molecule has 0 aliphatic heterocycles. The molecule has 106 valence electrons. The molecule has 0 unspecified atom stereocenters. The molecule has 2 aromatic heterocycles. The number of anilines is 1. The van der Waals surface area contributed by atoms with Crippen LogP contribution in [0.25, 0.3) is 0 Å². The molecule has 0 fully saturated rings. The summed E-state index contributed by atoms with van der Waals surface area (Å²) < 4.78 is 5.50. The minimum absolute atomic E-state index is 0.365. The Bertz CT molecular complexity index is 532. The van der Waals surface area contributed by atoms with Crippen LogP contribution in [0.2, 0.25) is 0 Å².